The number of alkyl halides is 3. The van der Waals surface area contributed by atoms with Crippen LogP contribution in [0.15, 0.2) is 47.0 Å². The normalized spacial score (nSPS) is 24.9. The summed E-state index contributed by atoms with van der Waals surface area (Å²) in [6.07, 6.45) is 2.35. The van der Waals surface area contributed by atoms with Gasteiger partial charge in [-0.25, -0.2) is 9.37 Å². The molecule has 2 aromatic carbocycles. The molecular weight excluding hydrogens is 532 g/mol. The molecule has 4 fully saturated rings. The smallest absolute Gasteiger partial charge is 0.405 e. The first-order valence-electron chi connectivity index (χ1n) is 13.3. The van der Waals surface area contributed by atoms with Gasteiger partial charge in [-0.2, -0.15) is 0 Å². The molecule has 204 valence electrons. The van der Waals surface area contributed by atoms with Crippen molar-refractivity contribution >= 4 is 21.6 Å². The molecule has 4 saturated carbocycles. The largest absolute Gasteiger partial charge is 0.573 e. The monoisotopic (exact) mass is 558 g/mol. The number of rotatable bonds is 7. The summed E-state index contributed by atoms with van der Waals surface area (Å²) in [6.45, 7) is 0.213. The molecule has 0 radical (unpaired) electrons. The predicted octanol–water partition coefficient (Wildman–Crippen LogP) is 8.43. The highest BCUT2D eigenvalue weighted by atomic mass is 32.1. The van der Waals surface area contributed by atoms with Gasteiger partial charge in [0.1, 0.15) is 33.5 Å². The summed E-state index contributed by atoms with van der Waals surface area (Å²) >= 11 is 1.59. The van der Waals surface area contributed by atoms with Crippen molar-refractivity contribution in [3.05, 3.63) is 64.6 Å². The van der Waals surface area contributed by atoms with E-state index in [-0.39, 0.29) is 40.7 Å². The topological polar surface area (TPSA) is 57.4 Å². The molecular formula is C29H26F4N2O3S. The molecule has 0 amide bonds. The third-order valence-electron chi connectivity index (χ3n) is 8.66. The highest BCUT2D eigenvalue weighted by Crippen LogP contribution is 2.56. The number of para-hydroxylation sites is 2. The van der Waals surface area contributed by atoms with E-state index in [4.69, 9.17) is 14.2 Å². The Balaban J connectivity index is 1.13. The van der Waals surface area contributed by atoms with Crippen molar-refractivity contribution in [2.75, 3.05) is 0 Å². The van der Waals surface area contributed by atoms with E-state index in [2.05, 4.69) is 9.89 Å². The zero-order chi connectivity index (χ0) is 26.8. The molecule has 0 spiro atoms. The number of thiazole rings is 1. The van der Waals surface area contributed by atoms with Crippen LogP contribution in [0.25, 0.3) is 21.5 Å². The summed E-state index contributed by atoms with van der Waals surface area (Å²) in [6, 6.07) is 11.1. The van der Waals surface area contributed by atoms with Crippen LogP contribution in [0.2, 0.25) is 0 Å². The minimum atomic E-state index is -4.82. The summed E-state index contributed by atoms with van der Waals surface area (Å²) in [7, 11) is 0. The minimum absolute atomic E-state index is 0.0589. The van der Waals surface area contributed by atoms with E-state index in [1.54, 1.807) is 29.5 Å². The minimum Gasteiger partial charge on any atom is -0.405 e. The van der Waals surface area contributed by atoms with Gasteiger partial charge in [0, 0.05) is 22.5 Å². The Morgan fingerprint density at radius 1 is 0.974 bits per heavy atom. The summed E-state index contributed by atoms with van der Waals surface area (Å²) in [5, 5.41) is 5.21. The van der Waals surface area contributed by atoms with Crippen molar-refractivity contribution in [1.29, 1.82) is 0 Å². The van der Waals surface area contributed by atoms with Gasteiger partial charge in [-0.15, -0.1) is 24.5 Å². The van der Waals surface area contributed by atoms with E-state index in [1.165, 1.54) is 18.2 Å². The molecule has 10 heteroatoms. The van der Waals surface area contributed by atoms with Gasteiger partial charge < -0.3 is 14.0 Å². The second-order valence-electron chi connectivity index (χ2n) is 11.0. The van der Waals surface area contributed by atoms with Crippen LogP contribution >= 0.6 is 11.3 Å². The molecule has 2 aromatic heterocycles. The van der Waals surface area contributed by atoms with Gasteiger partial charge in [0.2, 0.25) is 0 Å². The van der Waals surface area contributed by atoms with Crippen LogP contribution in [-0.4, -0.2) is 22.1 Å². The maximum Gasteiger partial charge on any atom is 0.573 e. The van der Waals surface area contributed by atoms with Gasteiger partial charge in [0.05, 0.1) is 16.9 Å². The number of benzene rings is 2. The molecule has 0 aliphatic heterocycles. The van der Waals surface area contributed by atoms with E-state index in [9.17, 15) is 17.6 Å². The van der Waals surface area contributed by atoms with Crippen LogP contribution in [0.4, 0.5) is 17.6 Å². The van der Waals surface area contributed by atoms with Crippen molar-refractivity contribution in [2.24, 2.45) is 0 Å². The number of hydrogen-bond donors (Lipinski definition) is 0. The Morgan fingerprint density at radius 3 is 2.41 bits per heavy atom. The van der Waals surface area contributed by atoms with E-state index >= 15 is 0 Å². The lowest BCUT2D eigenvalue weighted by Gasteiger charge is -2.52. The Kier molecular flexibility index (Phi) is 5.79. The van der Waals surface area contributed by atoms with Crippen molar-refractivity contribution in [2.45, 2.75) is 81.3 Å². The standard InChI is InChI=1S/C29H26F4N2O3S/c30-20-5-3-7-22-24(20)34-26(39-22)27-10-13-28(14-11-27,15-12-27)36-16-19-23(35-38-25(19)17-8-9-17)18-4-1-2-6-21(18)37-29(31,32)33/h1-7,17H,8-16H2. The Labute approximate surface area is 226 Å². The molecule has 4 aliphatic rings. The molecule has 0 unspecified atom stereocenters. The fourth-order valence-corrected chi connectivity index (χ4v) is 7.53. The number of ether oxygens (including phenoxy) is 2. The number of halogens is 4. The number of hydrogen-bond acceptors (Lipinski definition) is 6. The van der Waals surface area contributed by atoms with Crippen LogP contribution in [0.5, 0.6) is 5.75 Å². The molecule has 2 bridgehead atoms. The average Bonchev–Trinajstić information content (AvgIpc) is 3.51. The molecule has 0 atom stereocenters. The van der Waals surface area contributed by atoms with Gasteiger partial charge in [-0.3, -0.25) is 0 Å². The molecule has 5 nitrogen and oxygen atoms in total. The summed E-state index contributed by atoms with van der Waals surface area (Å²) in [5.41, 5.74) is 1.35. The summed E-state index contributed by atoms with van der Waals surface area (Å²) < 4.78 is 71.1. The Bertz CT molecular complexity index is 1520. The molecule has 4 aromatic rings. The quantitative estimate of drug-likeness (QED) is 0.213. The van der Waals surface area contributed by atoms with E-state index < -0.39 is 6.36 Å². The molecule has 8 rings (SSSR count). The molecule has 0 saturated heterocycles. The van der Waals surface area contributed by atoms with E-state index in [0.717, 1.165) is 61.1 Å². The van der Waals surface area contributed by atoms with Crippen LogP contribution in [0.3, 0.4) is 0 Å². The van der Waals surface area contributed by atoms with E-state index in [0.29, 0.717) is 22.5 Å². The lowest BCUT2D eigenvalue weighted by molar-refractivity contribution is -0.274. The Hall–Kier alpha value is -2.98. The first-order valence-corrected chi connectivity index (χ1v) is 14.1. The van der Waals surface area contributed by atoms with Crippen LogP contribution in [-0.2, 0) is 16.8 Å². The summed E-state index contributed by atoms with van der Waals surface area (Å²) in [5.74, 6) is 0.310. The van der Waals surface area contributed by atoms with Crippen LogP contribution in [0.1, 0.15) is 73.6 Å². The van der Waals surface area contributed by atoms with Gasteiger partial charge in [0.25, 0.3) is 0 Å². The highest BCUT2D eigenvalue weighted by Gasteiger charge is 2.52. The zero-order valence-corrected chi connectivity index (χ0v) is 21.8. The number of fused-ring (bicyclic) bond motifs is 4. The number of aromatic nitrogens is 2. The maximum atomic E-state index is 14.3. The third kappa shape index (κ3) is 4.51. The lowest BCUT2D eigenvalue weighted by Crippen LogP contribution is -2.49. The maximum absolute atomic E-state index is 14.3. The van der Waals surface area contributed by atoms with Crippen LogP contribution < -0.4 is 4.74 Å². The molecule has 0 N–H and O–H groups in total. The first kappa shape index (κ1) is 25.0. The fraction of sp³-hybridized carbons (Fsp3) is 0.448. The van der Waals surface area contributed by atoms with Crippen molar-refractivity contribution in [3.63, 3.8) is 0 Å². The first-order chi connectivity index (χ1) is 18.7. The predicted molar refractivity (Wildman–Crippen MR) is 137 cm³/mol. The second-order valence-corrected chi connectivity index (χ2v) is 12.1. The lowest BCUT2D eigenvalue weighted by atomic mass is 9.59. The molecule has 4 aliphatic carbocycles. The molecule has 2 heterocycles. The van der Waals surface area contributed by atoms with Crippen LogP contribution in [0, 0.1) is 5.82 Å². The van der Waals surface area contributed by atoms with Gasteiger partial charge >= 0.3 is 6.36 Å². The second kappa shape index (κ2) is 9.02. The SMILES string of the molecule is Fc1cccc2sc(C34CCC(OCc5c(-c6ccccc6OC(F)(F)F)noc5C5CC5)(CC3)CC4)nc12. The zero-order valence-electron chi connectivity index (χ0n) is 21.0. The van der Waals surface area contributed by atoms with Gasteiger partial charge in [-0.05, 0) is 75.6 Å². The Morgan fingerprint density at radius 2 is 1.72 bits per heavy atom. The summed E-state index contributed by atoms with van der Waals surface area (Å²) in [4.78, 5) is 4.72. The third-order valence-corrected chi connectivity index (χ3v) is 9.93. The van der Waals surface area contributed by atoms with Gasteiger partial charge in [-0.1, -0.05) is 23.4 Å². The average molecular weight is 559 g/mol. The van der Waals surface area contributed by atoms with Crippen molar-refractivity contribution in [3.8, 4) is 17.0 Å². The van der Waals surface area contributed by atoms with Crippen molar-refractivity contribution in [1.82, 2.24) is 10.1 Å². The fourth-order valence-electron chi connectivity index (χ4n) is 6.27. The number of nitrogens with zero attached hydrogens (tertiary/aromatic N) is 2. The molecule has 39 heavy (non-hydrogen) atoms. The van der Waals surface area contributed by atoms with Gasteiger partial charge in [0.15, 0.2) is 0 Å². The van der Waals surface area contributed by atoms with Crippen molar-refractivity contribution < 1.29 is 31.6 Å². The van der Waals surface area contributed by atoms with E-state index in [1.807, 2.05) is 6.07 Å². The highest BCUT2D eigenvalue weighted by molar-refractivity contribution is 7.18.